The minimum atomic E-state index is -0.618. The van der Waals surface area contributed by atoms with E-state index in [0.717, 1.165) is 17.3 Å². The Morgan fingerprint density at radius 2 is 2.08 bits per heavy atom. The van der Waals surface area contributed by atoms with Gasteiger partial charge in [-0.2, -0.15) is 0 Å². The summed E-state index contributed by atoms with van der Waals surface area (Å²) in [5.74, 6) is -1.82. The normalized spacial score (nSPS) is 10.7. The molecule has 0 unspecified atom stereocenters. The Hall–Kier alpha value is -2.87. The molecule has 2 aromatic carbocycles. The van der Waals surface area contributed by atoms with Gasteiger partial charge in [0.05, 0.1) is 5.69 Å². The van der Waals surface area contributed by atoms with Gasteiger partial charge in [0.25, 0.3) is 11.1 Å². The van der Waals surface area contributed by atoms with Crippen molar-refractivity contribution >= 4 is 40.4 Å². The van der Waals surface area contributed by atoms with Crippen LogP contribution in [0.5, 0.6) is 0 Å². The first-order valence-corrected chi connectivity index (χ1v) is 8.70. The van der Waals surface area contributed by atoms with E-state index in [2.05, 4.69) is 10.3 Å². The van der Waals surface area contributed by atoms with Gasteiger partial charge in [-0.25, -0.2) is 9.37 Å². The number of fused-ring (bicyclic) bond motifs is 1. The van der Waals surface area contributed by atoms with E-state index in [-0.39, 0.29) is 11.4 Å². The van der Waals surface area contributed by atoms with Crippen molar-refractivity contribution in [1.29, 1.82) is 0 Å². The first-order valence-electron chi connectivity index (χ1n) is 7.71. The van der Waals surface area contributed by atoms with Crippen molar-refractivity contribution in [2.45, 2.75) is 12.1 Å². The summed E-state index contributed by atoms with van der Waals surface area (Å²) >= 11 is 1.07. The highest BCUT2D eigenvalue weighted by molar-refractivity contribution is 7.99. The Bertz CT molecular complexity index is 924. The van der Waals surface area contributed by atoms with Crippen LogP contribution in [0.1, 0.15) is 5.56 Å². The summed E-state index contributed by atoms with van der Waals surface area (Å²) in [6, 6.07) is 11.7. The number of rotatable bonds is 6. The van der Waals surface area contributed by atoms with Crippen molar-refractivity contribution in [2.75, 3.05) is 17.7 Å². The van der Waals surface area contributed by atoms with Gasteiger partial charge in [0, 0.05) is 0 Å². The van der Waals surface area contributed by atoms with Gasteiger partial charge in [-0.15, -0.1) is 0 Å². The monoisotopic (exact) mass is 374 g/mol. The van der Waals surface area contributed by atoms with Crippen molar-refractivity contribution in [3.05, 3.63) is 53.8 Å². The largest absolute Gasteiger partial charge is 0.455 e. The Morgan fingerprint density at radius 1 is 1.27 bits per heavy atom. The second-order valence-electron chi connectivity index (χ2n) is 5.43. The van der Waals surface area contributed by atoms with E-state index < -0.39 is 24.3 Å². The van der Waals surface area contributed by atoms with Crippen LogP contribution in [-0.4, -0.2) is 29.2 Å². The fourth-order valence-electron chi connectivity index (χ4n) is 2.13. The number of hydrogen-bond acceptors (Lipinski definition) is 6. The average molecular weight is 374 g/mol. The Morgan fingerprint density at radius 3 is 2.85 bits per heavy atom. The molecule has 134 valence electrons. The summed E-state index contributed by atoms with van der Waals surface area (Å²) in [7, 11) is 0. The molecule has 0 spiro atoms. The number of aromatic nitrogens is 1. The summed E-state index contributed by atoms with van der Waals surface area (Å²) in [6.07, 6.45) is 0. The third-order valence-corrected chi connectivity index (χ3v) is 4.15. The number of nitrogens with one attached hydrogen (secondary N) is 1. The van der Waals surface area contributed by atoms with E-state index in [4.69, 9.17) is 9.15 Å². The van der Waals surface area contributed by atoms with Crippen LogP contribution in [0.2, 0.25) is 0 Å². The van der Waals surface area contributed by atoms with Gasteiger partial charge in [0.1, 0.15) is 17.1 Å². The molecule has 26 heavy (non-hydrogen) atoms. The van der Waals surface area contributed by atoms with Crippen molar-refractivity contribution in [3.63, 3.8) is 0 Å². The van der Waals surface area contributed by atoms with Crippen molar-refractivity contribution in [2.24, 2.45) is 0 Å². The molecule has 0 bridgehead atoms. The fraction of sp³-hybridized carbons (Fsp3) is 0.167. The molecule has 0 fully saturated rings. The van der Waals surface area contributed by atoms with E-state index in [9.17, 15) is 14.0 Å². The van der Waals surface area contributed by atoms with Gasteiger partial charge in [-0.1, -0.05) is 30.0 Å². The maximum absolute atomic E-state index is 13.7. The Kier molecular flexibility index (Phi) is 5.52. The number of hydrogen-bond donors (Lipinski definition) is 1. The number of carbonyl (C=O) groups excluding carboxylic acids is 2. The maximum atomic E-state index is 13.7. The SMILES string of the molecule is Cc1ccc(NC(=O)COC(=O)CSc2nc3ccccc3o2)c(F)c1. The van der Waals surface area contributed by atoms with E-state index >= 15 is 0 Å². The van der Waals surface area contributed by atoms with Crippen molar-refractivity contribution in [3.8, 4) is 0 Å². The van der Waals surface area contributed by atoms with Crippen LogP contribution in [0.4, 0.5) is 10.1 Å². The number of benzene rings is 2. The number of ether oxygens (including phenoxy) is 1. The molecule has 8 heteroatoms. The molecule has 1 N–H and O–H groups in total. The maximum Gasteiger partial charge on any atom is 0.316 e. The van der Waals surface area contributed by atoms with Gasteiger partial charge in [-0.3, -0.25) is 9.59 Å². The minimum absolute atomic E-state index is 0.0394. The van der Waals surface area contributed by atoms with Gasteiger partial charge >= 0.3 is 5.97 Å². The molecule has 0 saturated carbocycles. The molecule has 0 aliphatic rings. The molecule has 0 aliphatic carbocycles. The topological polar surface area (TPSA) is 81.4 Å². The molecule has 0 saturated heterocycles. The summed E-state index contributed by atoms with van der Waals surface area (Å²) in [6.45, 7) is 1.24. The van der Waals surface area contributed by atoms with E-state index in [1.165, 1.54) is 12.1 Å². The molecule has 0 aliphatic heterocycles. The lowest BCUT2D eigenvalue weighted by Crippen LogP contribution is -2.22. The number of esters is 1. The minimum Gasteiger partial charge on any atom is -0.455 e. The second-order valence-corrected chi connectivity index (χ2v) is 6.35. The summed E-state index contributed by atoms with van der Waals surface area (Å²) in [4.78, 5) is 27.7. The van der Waals surface area contributed by atoms with E-state index in [1.807, 2.05) is 12.1 Å². The molecule has 1 aromatic heterocycles. The number of nitrogens with zero attached hydrogens (tertiary/aromatic N) is 1. The molecular weight excluding hydrogens is 359 g/mol. The van der Waals surface area contributed by atoms with Crippen LogP contribution in [0.25, 0.3) is 11.1 Å². The number of carbonyl (C=O) groups is 2. The highest BCUT2D eigenvalue weighted by Crippen LogP contribution is 2.23. The lowest BCUT2D eigenvalue weighted by atomic mass is 10.2. The highest BCUT2D eigenvalue weighted by atomic mass is 32.2. The molecule has 0 atom stereocenters. The number of thioether (sulfide) groups is 1. The first kappa shape index (κ1) is 17.9. The third-order valence-electron chi connectivity index (χ3n) is 3.35. The van der Waals surface area contributed by atoms with Crippen molar-refractivity contribution < 1.29 is 23.1 Å². The summed E-state index contributed by atoms with van der Waals surface area (Å²) in [5, 5.41) is 2.70. The zero-order valence-electron chi connectivity index (χ0n) is 13.8. The number of oxazole rings is 1. The number of anilines is 1. The molecule has 1 heterocycles. The predicted molar refractivity (Wildman–Crippen MR) is 95.5 cm³/mol. The Balaban J connectivity index is 1.45. The zero-order chi connectivity index (χ0) is 18.5. The lowest BCUT2D eigenvalue weighted by molar-refractivity contribution is -0.144. The number of amides is 1. The van der Waals surface area contributed by atoms with Crippen LogP contribution < -0.4 is 5.32 Å². The van der Waals surface area contributed by atoms with Crippen LogP contribution in [0.3, 0.4) is 0 Å². The standard InChI is InChI=1S/C18H15FN2O4S/c1-11-6-7-13(12(19)8-11)20-16(22)9-24-17(23)10-26-18-21-14-4-2-3-5-15(14)25-18/h2-8H,9-10H2,1H3,(H,20,22). The van der Waals surface area contributed by atoms with Gasteiger partial charge in [0.2, 0.25) is 0 Å². The van der Waals surface area contributed by atoms with Crippen LogP contribution in [-0.2, 0) is 14.3 Å². The highest BCUT2D eigenvalue weighted by Gasteiger charge is 2.13. The second kappa shape index (κ2) is 8.01. The van der Waals surface area contributed by atoms with Gasteiger partial charge < -0.3 is 14.5 Å². The molecule has 3 aromatic rings. The van der Waals surface area contributed by atoms with Gasteiger partial charge in [0.15, 0.2) is 12.2 Å². The molecule has 0 radical (unpaired) electrons. The molecule has 6 nitrogen and oxygen atoms in total. The quantitative estimate of drug-likeness (QED) is 0.525. The smallest absolute Gasteiger partial charge is 0.316 e. The van der Waals surface area contributed by atoms with Crippen molar-refractivity contribution in [1.82, 2.24) is 4.98 Å². The number of aryl methyl sites for hydroxylation is 1. The van der Waals surface area contributed by atoms with Gasteiger partial charge in [-0.05, 0) is 36.8 Å². The molecular formula is C18H15FN2O4S. The lowest BCUT2D eigenvalue weighted by Gasteiger charge is -2.07. The first-order chi connectivity index (χ1) is 12.5. The fourth-order valence-corrected chi connectivity index (χ4v) is 2.77. The number of halogens is 1. The Labute approximate surface area is 152 Å². The van der Waals surface area contributed by atoms with E-state index in [0.29, 0.717) is 16.3 Å². The van der Waals surface area contributed by atoms with Crippen LogP contribution in [0, 0.1) is 12.7 Å². The average Bonchev–Trinajstić information content (AvgIpc) is 3.03. The predicted octanol–water partition coefficient (Wildman–Crippen LogP) is 3.55. The zero-order valence-corrected chi connectivity index (χ0v) is 14.6. The molecule has 1 amide bonds. The molecule has 3 rings (SSSR count). The van der Waals surface area contributed by atoms with Crippen LogP contribution >= 0.6 is 11.8 Å². The number of para-hydroxylation sites is 2. The van der Waals surface area contributed by atoms with E-state index in [1.54, 1.807) is 25.1 Å². The summed E-state index contributed by atoms with van der Waals surface area (Å²) in [5.41, 5.74) is 2.10. The summed E-state index contributed by atoms with van der Waals surface area (Å²) < 4.78 is 24.0. The van der Waals surface area contributed by atoms with Crippen LogP contribution in [0.15, 0.2) is 52.1 Å². The third kappa shape index (κ3) is 4.60.